The summed E-state index contributed by atoms with van der Waals surface area (Å²) in [5.74, 6) is 0.261. The fourth-order valence-electron chi connectivity index (χ4n) is 3.61. The molecule has 1 N–H and O–H groups in total. The molecule has 3 aromatic rings. The molecule has 0 aliphatic carbocycles. The predicted octanol–water partition coefficient (Wildman–Crippen LogP) is 4.11. The Morgan fingerprint density at radius 2 is 1.88 bits per heavy atom. The number of amidine groups is 1. The van der Waals surface area contributed by atoms with E-state index in [1.807, 2.05) is 0 Å². The molecule has 168 valence electrons. The molecular formula is C21H19FN7O3P. The molecule has 2 aromatic carbocycles. The largest absolute Gasteiger partial charge is 0.317 e. The Morgan fingerprint density at radius 1 is 1.21 bits per heavy atom. The van der Waals surface area contributed by atoms with Gasteiger partial charge in [-0.25, -0.2) is 14.1 Å². The van der Waals surface area contributed by atoms with Gasteiger partial charge >= 0.3 is 0 Å². The Kier molecular flexibility index (Phi) is 5.70. The maximum absolute atomic E-state index is 14.5. The predicted molar refractivity (Wildman–Crippen MR) is 122 cm³/mol. The normalized spacial score (nSPS) is 17.2. The van der Waals surface area contributed by atoms with Gasteiger partial charge < -0.3 is 5.09 Å². The zero-order chi connectivity index (χ0) is 23.8. The second-order valence-corrected chi connectivity index (χ2v) is 9.77. The van der Waals surface area contributed by atoms with Gasteiger partial charge in [0.25, 0.3) is 13.1 Å². The summed E-state index contributed by atoms with van der Waals surface area (Å²) in [5.41, 5.74) is 1.34. The molecule has 2 heterocycles. The summed E-state index contributed by atoms with van der Waals surface area (Å²) >= 11 is 0. The molecule has 1 unspecified atom stereocenters. The number of aliphatic imine (C=N–C) groups is 1. The number of nitrogens with zero attached hydrogens (tertiary/aromatic N) is 6. The summed E-state index contributed by atoms with van der Waals surface area (Å²) in [7, 11) is -2.01. The minimum Gasteiger partial charge on any atom is -0.317 e. The van der Waals surface area contributed by atoms with E-state index in [9.17, 15) is 19.1 Å². The molecule has 12 heteroatoms. The van der Waals surface area contributed by atoms with Crippen LogP contribution in [0.25, 0.3) is 0 Å². The zero-order valence-electron chi connectivity index (χ0n) is 17.8. The Bertz CT molecular complexity index is 1340. The fourth-order valence-corrected chi connectivity index (χ4v) is 6.01. The van der Waals surface area contributed by atoms with Crippen LogP contribution in [0.4, 0.5) is 21.6 Å². The van der Waals surface area contributed by atoms with Crippen LogP contribution in [0.2, 0.25) is 0 Å². The highest BCUT2D eigenvalue weighted by Crippen LogP contribution is 2.53. The van der Waals surface area contributed by atoms with Gasteiger partial charge in [0.15, 0.2) is 5.82 Å². The highest BCUT2D eigenvalue weighted by Gasteiger charge is 2.43. The van der Waals surface area contributed by atoms with E-state index >= 15 is 0 Å². The molecule has 0 radical (unpaired) electrons. The molecule has 0 amide bonds. The van der Waals surface area contributed by atoms with Gasteiger partial charge in [0.1, 0.15) is 17.0 Å². The quantitative estimate of drug-likeness (QED) is 0.328. The van der Waals surface area contributed by atoms with E-state index in [0.717, 1.165) is 0 Å². The van der Waals surface area contributed by atoms with E-state index in [1.54, 1.807) is 14.0 Å². The van der Waals surface area contributed by atoms with Crippen molar-refractivity contribution in [3.8, 4) is 6.07 Å². The van der Waals surface area contributed by atoms with Gasteiger partial charge in [-0.3, -0.25) is 19.3 Å². The number of nitro benzene ring substituents is 1. The van der Waals surface area contributed by atoms with Crippen molar-refractivity contribution in [3.05, 3.63) is 75.7 Å². The molecule has 1 aliphatic heterocycles. The molecule has 0 bridgehead atoms. The van der Waals surface area contributed by atoms with Crippen LogP contribution in [-0.2, 0) is 11.1 Å². The van der Waals surface area contributed by atoms with E-state index < -0.39 is 18.2 Å². The fraction of sp³-hybridized carbons (Fsp3) is 0.190. The summed E-state index contributed by atoms with van der Waals surface area (Å²) in [4.78, 5) is 15.2. The molecule has 1 aliphatic rings. The number of nitrogens with one attached hydrogen (secondary N) is 1. The number of aromatic nitrogens is 2. The number of rotatable bonds is 6. The van der Waals surface area contributed by atoms with Gasteiger partial charge in [0.05, 0.1) is 29.7 Å². The number of fused-ring (bicyclic) bond motifs is 1. The molecule has 0 fully saturated rings. The number of nitro groups is 1. The van der Waals surface area contributed by atoms with Crippen molar-refractivity contribution in [2.24, 2.45) is 4.99 Å². The first kappa shape index (κ1) is 22.2. The smallest absolute Gasteiger partial charge is 0.296 e. The van der Waals surface area contributed by atoms with Crippen molar-refractivity contribution >= 4 is 35.8 Å². The molecule has 1 atom stereocenters. The minimum atomic E-state index is -3.61. The zero-order valence-corrected chi connectivity index (χ0v) is 18.7. The third kappa shape index (κ3) is 3.97. The van der Waals surface area contributed by atoms with Crippen LogP contribution in [0.5, 0.6) is 0 Å². The highest BCUT2D eigenvalue weighted by molar-refractivity contribution is 7.72. The number of aryl methyl sites for hydroxylation is 2. The molecule has 0 spiro atoms. The SMILES string of the molecule is Cc1nn(CCC#N)c2c1P(=O)(Nc1ccc([N+](=O)[O-])cc1)N(C)C(c1ccc(F)cc1)=N2. The van der Waals surface area contributed by atoms with Crippen LogP contribution in [0.3, 0.4) is 0 Å². The highest BCUT2D eigenvalue weighted by atomic mass is 31.2. The number of anilines is 1. The number of hydrogen-bond donors (Lipinski definition) is 1. The Hall–Kier alpha value is -4.03. The first-order valence-electron chi connectivity index (χ1n) is 9.91. The third-order valence-corrected chi connectivity index (χ3v) is 7.94. The summed E-state index contributed by atoms with van der Waals surface area (Å²) < 4.78 is 31.1. The maximum Gasteiger partial charge on any atom is 0.296 e. The average Bonchev–Trinajstić information content (AvgIpc) is 3.11. The lowest BCUT2D eigenvalue weighted by Crippen LogP contribution is -2.36. The number of hydrogen-bond acceptors (Lipinski definition) is 6. The summed E-state index contributed by atoms with van der Waals surface area (Å²) in [6, 6.07) is 13.3. The summed E-state index contributed by atoms with van der Waals surface area (Å²) in [6.07, 6.45) is 0.185. The van der Waals surface area contributed by atoms with Crippen LogP contribution in [0.1, 0.15) is 17.7 Å². The topological polar surface area (TPSA) is 129 Å². The second kappa shape index (κ2) is 8.48. The Morgan fingerprint density at radius 3 is 2.48 bits per heavy atom. The van der Waals surface area contributed by atoms with Crippen LogP contribution in [0, 0.1) is 34.2 Å². The lowest BCUT2D eigenvalue weighted by atomic mass is 10.2. The lowest BCUT2D eigenvalue weighted by molar-refractivity contribution is -0.384. The summed E-state index contributed by atoms with van der Waals surface area (Å²) in [5, 5.41) is 27.9. The van der Waals surface area contributed by atoms with Gasteiger partial charge in [-0.2, -0.15) is 10.4 Å². The number of nitriles is 1. The number of halogens is 1. The van der Waals surface area contributed by atoms with Crippen LogP contribution in [-0.4, -0.2) is 32.3 Å². The van der Waals surface area contributed by atoms with E-state index in [-0.39, 0.29) is 18.7 Å². The Balaban J connectivity index is 1.86. The third-order valence-electron chi connectivity index (χ3n) is 5.21. The van der Waals surface area contributed by atoms with Crippen molar-refractivity contribution in [1.82, 2.24) is 14.5 Å². The van der Waals surface area contributed by atoms with Crippen molar-refractivity contribution in [2.75, 3.05) is 12.1 Å². The number of non-ortho nitro benzene ring substituents is 1. The molecule has 4 rings (SSSR count). The Labute approximate surface area is 188 Å². The molecule has 0 saturated carbocycles. The van der Waals surface area contributed by atoms with E-state index in [4.69, 9.17) is 5.26 Å². The van der Waals surface area contributed by atoms with E-state index in [1.165, 1.54) is 57.9 Å². The van der Waals surface area contributed by atoms with E-state index in [2.05, 4.69) is 21.2 Å². The van der Waals surface area contributed by atoms with Gasteiger partial charge in [0.2, 0.25) is 0 Å². The van der Waals surface area contributed by atoms with Crippen molar-refractivity contribution in [3.63, 3.8) is 0 Å². The second-order valence-electron chi connectivity index (χ2n) is 7.35. The molecule has 0 saturated heterocycles. The standard InChI is InChI=1S/C21H19FN7O3P/c1-14-19-21(28(25-14)13-3-12-23)24-20(15-4-6-16(22)7-5-15)27(2)33(19,32)26-17-8-10-18(11-9-17)29(30)31/h4-11H,3,13H2,1-2H3,(H,26,32). The maximum atomic E-state index is 14.5. The van der Waals surface area contributed by atoms with E-state index in [0.29, 0.717) is 33.9 Å². The van der Waals surface area contributed by atoms with Crippen molar-refractivity contribution in [2.45, 2.75) is 19.9 Å². The van der Waals surface area contributed by atoms with Crippen LogP contribution < -0.4 is 10.4 Å². The first-order valence-corrected chi connectivity index (χ1v) is 11.6. The first-order chi connectivity index (χ1) is 15.7. The molecule has 33 heavy (non-hydrogen) atoms. The molecule has 10 nitrogen and oxygen atoms in total. The van der Waals surface area contributed by atoms with Gasteiger partial charge in [-0.15, -0.1) is 0 Å². The van der Waals surface area contributed by atoms with Gasteiger partial charge in [-0.1, -0.05) is 0 Å². The van der Waals surface area contributed by atoms with Crippen molar-refractivity contribution < 1.29 is 13.9 Å². The van der Waals surface area contributed by atoms with Gasteiger partial charge in [-0.05, 0) is 43.3 Å². The summed E-state index contributed by atoms with van der Waals surface area (Å²) in [6.45, 7) is 1.96. The molecule has 1 aromatic heterocycles. The number of benzene rings is 2. The average molecular weight is 467 g/mol. The van der Waals surface area contributed by atoms with Crippen LogP contribution >= 0.6 is 7.44 Å². The minimum absolute atomic E-state index is 0.0920. The van der Waals surface area contributed by atoms with Crippen molar-refractivity contribution in [1.29, 1.82) is 5.26 Å². The molecular weight excluding hydrogens is 448 g/mol. The van der Waals surface area contributed by atoms with Gasteiger partial charge in [0, 0.05) is 30.4 Å². The van der Waals surface area contributed by atoms with Crippen LogP contribution in [0.15, 0.2) is 53.5 Å². The monoisotopic (exact) mass is 467 g/mol. The lowest BCUT2D eigenvalue weighted by Gasteiger charge is -2.35.